The number of quaternary nitrogens is 1. The van der Waals surface area contributed by atoms with Gasteiger partial charge >= 0.3 is 0 Å². The second-order valence-electron chi connectivity index (χ2n) is 6.15. The van der Waals surface area contributed by atoms with E-state index in [2.05, 4.69) is 78.6 Å². The molecule has 2 aromatic rings. The highest BCUT2D eigenvalue weighted by Gasteiger charge is 2.19. The average Bonchev–Trinajstić information content (AvgIpc) is 2.57. The predicted octanol–water partition coefficient (Wildman–Crippen LogP) is 2.50. The quantitative estimate of drug-likeness (QED) is 0.910. The second-order valence-corrected chi connectivity index (χ2v) is 6.15. The van der Waals surface area contributed by atoms with Crippen LogP contribution in [0, 0.1) is 0 Å². The predicted molar refractivity (Wildman–Crippen MR) is 94.3 cm³/mol. The van der Waals surface area contributed by atoms with Gasteiger partial charge in [-0.3, -0.25) is 0 Å². The lowest BCUT2D eigenvalue weighted by molar-refractivity contribution is -0.895. The molecule has 0 atom stereocenters. The highest BCUT2D eigenvalue weighted by atomic mass is 15.3. The van der Waals surface area contributed by atoms with Gasteiger partial charge in [-0.15, -0.1) is 0 Å². The number of anilines is 1. The van der Waals surface area contributed by atoms with Crippen molar-refractivity contribution in [3.05, 3.63) is 71.8 Å². The van der Waals surface area contributed by atoms with Gasteiger partial charge in [0.15, 0.2) is 0 Å². The number of piperazine rings is 1. The van der Waals surface area contributed by atoms with Crippen LogP contribution in [0.15, 0.2) is 66.2 Å². The molecular formula is C20H25N2+. The van der Waals surface area contributed by atoms with Crippen LogP contribution in [0.1, 0.15) is 12.5 Å². The van der Waals surface area contributed by atoms with E-state index in [-0.39, 0.29) is 0 Å². The van der Waals surface area contributed by atoms with Gasteiger partial charge in [-0.25, -0.2) is 0 Å². The SMILES string of the molecule is C/C(=C\c1ccccc1)C[NH+]1CCN(c2ccccc2)CC1. The van der Waals surface area contributed by atoms with Crippen LogP contribution in [0.4, 0.5) is 5.69 Å². The van der Waals surface area contributed by atoms with Crippen molar-refractivity contribution in [2.75, 3.05) is 37.6 Å². The first-order valence-corrected chi connectivity index (χ1v) is 8.17. The number of rotatable bonds is 4. The Bertz CT molecular complexity index is 596. The molecule has 22 heavy (non-hydrogen) atoms. The summed E-state index contributed by atoms with van der Waals surface area (Å²) >= 11 is 0. The zero-order valence-corrected chi connectivity index (χ0v) is 13.3. The van der Waals surface area contributed by atoms with E-state index < -0.39 is 0 Å². The van der Waals surface area contributed by atoms with E-state index in [1.54, 1.807) is 4.90 Å². The van der Waals surface area contributed by atoms with E-state index in [0.717, 1.165) is 19.6 Å². The van der Waals surface area contributed by atoms with Crippen molar-refractivity contribution < 1.29 is 4.90 Å². The van der Waals surface area contributed by atoms with Gasteiger partial charge in [0.05, 0.1) is 32.7 Å². The molecule has 2 aromatic carbocycles. The Balaban J connectivity index is 1.53. The van der Waals surface area contributed by atoms with Crippen LogP contribution in [0.3, 0.4) is 0 Å². The lowest BCUT2D eigenvalue weighted by Gasteiger charge is -2.33. The van der Waals surface area contributed by atoms with Gasteiger partial charge in [0, 0.05) is 5.69 Å². The fraction of sp³-hybridized carbons (Fsp3) is 0.300. The second kappa shape index (κ2) is 7.28. The number of hydrogen-bond acceptors (Lipinski definition) is 1. The maximum absolute atomic E-state index is 2.50. The van der Waals surface area contributed by atoms with Gasteiger partial charge < -0.3 is 9.80 Å². The molecule has 0 unspecified atom stereocenters. The van der Waals surface area contributed by atoms with Gasteiger partial charge in [0.2, 0.25) is 0 Å². The van der Waals surface area contributed by atoms with Crippen molar-refractivity contribution in [2.24, 2.45) is 0 Å². The number of nitrogens with zero attached hydrogens (tertiary/aromatic N) is 1. The van der Waals surface area contributed by atoms with Crippen LogP contribution >= 0.6 is 0 Å². The third kappa shape index (κ3) is 3.99. The van der Waals surface area contributed by atoms with Gasteiger partial charge in [-0.1, -0.05) is 54.6 Å². The van der Waals surface area contributed by atoms with Crippen molar-refractivity contribution in [1.82, 2.24) is 0 Å². The summed E-state index contributed by atoms with van der Waals surface area (Å²) in [7, 11) is 0. The molecule has 114 valence electrons. The number of para-hydroxylation sites is 1. The Morgan fingerprint density at radius 2 is 1.55 bits per heavy atom. The third-order valence-electron chi connectivity index (χ3n) is 4.33. The smallest absolute Gasteiger partial charge is 0.0989 e. The highest BCUT2D eigenvalue weighted by Crippen LogP contribution is 2.12. The third-order valence-corrected chi connectivity index (χ3v) is 4.33. The summed E-state index contributed by atoms with van der Waals surface area (Å²) in [6, 6.07) is 21.4. The topological polar surface area (TPSA) is 7.68 Å². The molecule has 0 radical (unpaired) electrons. The average molecular weight is 293 g/mol. The van der Waals surface area contributed by atoms with Crippen LogP contribution in [0.5, 0.6) is 0 Å². The summed E-state index contributed by atoms with van der Waals surface area (Å²) in [5.41, 5.74) is 4.13. The van der Waals surface area contributed by atoms with E-state index in [1.807, 2.05) is 0 Å². The number of benzene rings is 2. The summed E-state index contributed by atoms with van der Waals surface area (Å²) in [6.07, 6.45) is 2.32. The summed E-state index contributed by atoms with van der Waals surface area (Å²) < 4.78 is 0. The van der Waals surface area contributed by atoms with Crippen molar-refractivity contribution in [3.63, 3.8) is 0 Å². The number of hydrogen-bond donors (Lipinski definition) is 1. The first-order valence-electron chi connectivity index (χ1n) is 8.17. The summed E-state index contributed by atoms with van der Waals surface area (Å²) in [6.45, 7) is 8.14. The zero-order chi connectivity index (χ0) is 15.2. The van der Waals surface area contributed by atoms with E-state index in [9.17, 15) is 0 Å². The molecule has 1 aliphatic heterocycles. The molecule has 0 spiro atoms. The summed E-state index contributed by atoms with van der Waals surface area (Å²) in [4.78, 5) is 4.19. The summed E-state index contributed by atoms with van der Waals surface area (Å²) in [5, 5.41) is 0. The Hall–Kier alpha value is -2.06. The first-order chi connectivity index (χ1) is 10.8. The maximum atomic E-state index is 2.50. The van der Waals surface area contributed by atoms with Crippen LogP contribution in [-0.2, 0) is 0 Å². The molecule has 1 aliphatic rings. The van der Waals surface area contributed by atoms with Crippen molar-refractivity contribution in [1.29, 1.82) is 0 Å². The largest absolute Gasteiger partial charge is 0.360 e. The van der Waals surface area contributed by atoms with Gasteiger partial charge in [-0.2, -0.15) is 0 Å². The van der Waals surface area contributed by atoms with E-state index in [4.69, 9.17) is 0 Å². The van der Waals surface area contributed by atoms with Crippen LogP contribution < -0.4 is 9.80 Å². The van der Waals surface area contributed by atoms with E-state index >= 15 is 0 Å². The molecule has 1 heterocycles. The lowest BCUT2D eigenvalue weighted by atomic mass is 10.1. The molecule has 2 nitrogen and oxygen atoms in total. The molecule has 0 aromatic heterocycles. The minimum Gasteiger partial charge on any atom is -0.360 e. The lowest BCUT2D eigenvalue weighted by Crippen LogP contribution is -3.15. The molecule has 3 rings (SSSR count). The van der Waals surface area contributed by atoms with E-state index in [0.29, 0.717) is 0 Å². The first kappa shape index (κ1) is 14.9. The molecule has 0 amide bonds. The Labute approximate surface area is 133 Å². The minimum atomic E-state index is 1.15. The Morgan fingerprint density at radius 3 is 2.18 bits per heavy atom. The van der Waals surface area contributed by atoms with Crippen molar-refractivity contribution in [2.45, 2.75) is 6.92 Å². The monoisotopic (exact) mass is 293 g/mol. The van der Waals surface area contributed by atoms with Crippen LogP contribution in [0.25, 0.3) is 6.08 Å². The van der Waals surface area contributed by atoms with Gasteiger partial charge in [0.25, 0.3) is 0 Å². The molecule has 1 fully saturated rings. The van der Waals surface area contributed by atoms with Gasteiger partial charge in [-0.05, 0) is 30.2 Å². The highest BCUT2D eigenvalue weighted by molar-refractivity contribution is 5.52. The van der Waals surface area contributed by atoms with E-state index in [1.165, 1.54) is 29.9 Å². The fourth-order valence-corrected chi connectivity index (χ4v) is 3.18. The van der Waals surface area contributed by atoms with Gasteiger partial charge in [0.1, 0.15) is 0 Å². The molecule has 0 saturated carbocycles. The zero-order valence-electron chi connectivity index (χ0n) is 13.3. The Kier molecular flexibility index (Phi) is 4.92. The molecule has 2 heteroatoms. The van der Waals surface area contributed by atoms with Crippen molar-refractivity contribution in [3.8, 4) is 0 Å². The normalized spacial score (nSPS) is 16.8. The van der Waals surface area contributed by atoms with Crippen LogP contribution in [0.2, 0.25) is 0 Å². The molecule has 0 aliphatic carbocycles. The molecule has 1 saturated heterocycles. The number of nitrogens with one attached hydrogen (secondary N) is 1. The van der Waals surface area contributed by atoms with Crippen LogP contribution in [-0.4, -0.2) is 32.7 Å². The molecule has 0 bridgehead atoms. The minimum absolute atomic E-state index is 1.15. The Morgan fingerprint density at radius 1 is 0.955 bits per heavy atom. The summed E-state index contributed by atoms with van der Waals surface area (Å²) in [5.74, 6) is 0. The maximum Gasteiger partial charge on any atom is 0.0989 e. The molecular weight excluding hydrogens is 268 g/mol. The van der Waals surface area contributed by atoms with Crippen molar-refractivity contribution >= 4 is 11.8 Å². The molecule has 1 N–H and O–H groups in total. The fourth-order valence-electron chi connectivity index (χ4n) is 3.18. The standard InChI is InChI=1S/C20H24N2/c1-18(16-19-8-4-2-5-9-19)17-21-12-14-22(15-13-21)20-10-6-3-7-11-20/h2-11,16H,12-15,17H2,1H3/p+1/b18-16+.